The number of hydrogen-bond acceptors (Lipinski definition) is 2. The van der Waals surface area contributed by atoms with E-state index in [0.29, 0.717) is 12.1 Å². The molecule has 4 aromatic rings. The topological polar surface area (TPSA) is 31.1 Å². The monoisotopic (exact) mass is 455 g/mol. The standard InChI is InChI=1S/C30H34FN3/c1-21-7-3-5-9-29(21)34(30-10-6-4-8-22(30)2)26-14-12-25(13-15-26)32-18-17-23-20-33-28-16-11-24(31)19-27(23)28/h3-11,16,19-20,25-26,32-33H,12-15,17-18H2,1-2H3. The molecule has 0 unspecified atom stereocenters. The molecular weight excluding hydrogens is 421 g/mol. The average Bonchev–Trinajstić information content (AvgIpc) is 3.24. The molecule has 1 fully saturated rings. The van der Waals surface area contributed by atoms with Crippen molar-refractivity contribution in [2.45, 2.75) is 58.0 Å². The molecule has 1 saturated carbocycles. The number of aromatic amines is 1. The number of hydrogen-bond donors (Lipinski definition) is 2. The van der Waals surface area contributed by atoms with Crippen molar-refractivity contribution in [3.05, 3.63) is 95.4 Å². The molecule has 1 aromatic heterocycles. The van der Waals surface area contributed by atoms with Crippen molar-refractivity contribution in [3.63, 3.8) is 0 Å². The van der Waals surface area contributed by atoms with Crippen molar-refractivity contribution in [2.24, 2.45) is 0 Å². The van der Waals surface area contributed by atoms with Gasteiger partial charge < -0.3 is 15.2 Å². The second-order valence-corrected chi connectivity index (χ2v) is 9.66. The smallest absolute Gasteiger partial charge is 0.123 e. The molecule has 0 amide bonds. The maximum atomic E-state index is 13.7. The summed E-state index contributed by atoms with van der Waals surface area (Å²) in [6.45, 7) is 5.34. The molecule has 0 bridgehead atoms. The molecule has 4 heteroatoms. The molecule has 0 saturated heterocycles. The number of benzene rings is 3. The van der Waals surface area contributed by atoms with Gasteiger partial charge in [-0.3, -0.25) is 0 Å². The van der Waals surface area contributed by atoms with Crippen LogP contribution in [0.1, 0.15) is 42.4 Å². The van der Waals surface area contributed by atoms with Gasteiger partial charge in [-0.2, -0.15) is 0 Å². The van der Waals surface area contributed by atoms with Gasteiger partial charge in [-0.15, -0.1) is 0 Å². The maximum absolute atomic E-state index is 13.7. The first-order valence-corrected chi connectivity index (χ1v) is 12.5. The Balaban J connectivity index is 1.23. The van der Waals surface area contributed by atoms with Crippen LogP contribution in [0.5, 0.6) is 0 Å². The summed E-state index contributed by atoms with van der Waals surface area (Å²) in [7, 11) is 0. The fourth-order valence-corrected chi connectivity index (χ4v) is 5.50. The maximum Gasteiger partial charge on any atom is 0.123 e. The third-order valence-electron chi connectivity index (χ3n) is 7.37. The number of aromatic nitrogens is 1. The number of nitrogens with one attached hydrogen (secondary N) is 2. The fourth-order valence-electron chi connectivity index (χ4n) is 5.50. The Hall–Kier alpha value is -3.11. The zero-order valence-corrected chi connectivity index (χ0v) is 20.2. The third kappa shape index (κ3) is 4.74. The van der Waals surface area contributed by atoms with Gasteiger partial charge in [0.1, 0.15) is 5.82 Å². The Labute approximate surface area is 202 Å². The lowest BCUT2D eigenvalue weighted by Gasteiger charge is -2.40. The minimum atomic E-state index is -0.175. The predicted octanol–water partition coefficient (Wildman–Crippen LogP) is 7.21. The van der Waals surface area contributed by atoms with Gasteiger partial charge in [-0.05, 0) is 99.5 Å². The van der Waals surface area contributed by atoms with E-state index in [-0.39, 0.29) is 5.82 Å². The van der Waals surface area contributed by atoms with E-state index in [1.54, 1.807) is 6.07 Å². The first kappa shape index (κ1) is 22.7. The van der Waals surface area contributed by atoms with E-state index in [0.717, 1.165) is 23.9 Å². The van der Waals surface area contributed by atoms with Gasteiger partial charge in [0.05, 0.1) is 0 Å². The van der Waals surface area contributed by atoms with Gasteiger partial charge in [0, 0.05) is 40.6 Å². The van der Waals surface area contributed by atoms with E-state index in [2.05, 4.69) is 77.6 Å². The molecule has 0 atom stereocenters. The van der Waals surface area contributed by atoms with E-state index in [1.165, 1.54) is 59.8 Å². The minimum Gasteiger partial charge on any atom is -0.361 e. The average molecular weight is 456 g/mol. The highest BCUT2D eigenvalue weighted by Crippen LogP contribution is 2.37. The molecule has 2 N–H and O–H groups in total. The molecule has 0 spiro atoms. The summed E-state index contributed by atoms with van der Waals surface area (Å²) in [6, 6.07) is 23.5. The third-order valence-corrected chi connectivity index (χ3v) is 7.37. The van der Waals surface area contributed by atoms with E-state index >= 15 is 0 Å². The van der Waals surface area contributed by atoms with Crippen LogP contribution >= 0.6 is 0 Å². The summed E-state index contributed by atoms with van der Waals surface area (Å²) >= 11 is 0. The largest absolute Gasteiger partial charge is 0.361 e. The zero-order chi connectivity index (χ0) is 23.5. The molecule has 1 aliphatic carbocycles. The lowest BCUT2D eigenvalue weighted by atomic mass is 9.88. The van der Waals surface area contributed by atoms with E-state index < -0.39 is 0 Å². The Morgan fingerprint density at radius 3 is 2.18 bits per heavy atom. The summed E-state index contributed by atoms with van der Waals surface area (Å²) in [5.41, 5.74) is 7.47. The first-order chi connectivity index (χ1) is 16.6. The summed E-state index contributed by atoms with van der Waals surface area (Å²) in [5.74, 6) is -0.175. The van der Waals surface area contributed by atoms with Crippen LogP contribution < -0.4 is 10.2 Å². The molecule has 3 nitrogen and oxygen atoms in total. The molecule has 3 aromatic carbocycles. The number of nitrogens with zero attached hydrogens (tertiary/aromatic N) is 1. The Bertz CT molecular complexity index is 1210. The van der Waals surface area contributed by atoms with Gasteiger partial charge in [0.15, 0.2) is 0 Å². The summed E-state index contributed by atoms with van der Waals surface area (Å²) in [6.07, 6.45) is 7.59. The molecule has 34 heavy (non-hydrogen) atoms. The van der Waals surface area contributed by atoms with E-state index in [9.17, 15) is 4.39 Å². The van der Waals surface area contributed by atoms with Crippen molar-refractivity contribution in [3.8, 4) is 0 Å². The molecule has 0 radical (unpaired) electrons. The van der Waals surface area contributed by atoms with Gasteiger partial charge in [-0.1, -0.05) is 36.4 Å². The lowest BCUT2D eigenvalue weighted by Crippen LogP contribution is -2.41. The molecule has 0 aliphatic heterocycles. The van der Waals surface area contributed by atoms with Crippen LogP contribution in [-0.4, -0.2) is 23.6 Å². The van der Waals surface area contributed by atoms with Gasteiger partial charge >= 0.3 is 0 Å². The van der Waals surface area contributed by atoms with Crippen molar-refractivity contribution in [2.75, 3.05) is 11.4 Å². The van der Waals surface area contributed by atoms with Gasteiger partial charge in [0.25, 0.3) is 0 Å². The van der Waals surface area contributed by atoms with E-state index in [1.807, 2.05) is 12.3 Å². The summed E-state index contributed by atoms with van der Waals surface area (Å²) in [5, 5.41) is 4.77. The second kappa shape index (κ2) is 10.0. The van der Waals surface area contributed by atoms with Gasteiger partial charge in [0.2, 0.25) is 0 Å². The second-order valence-electron chi connectivity index (χ2n) is 9.66. The molecule has 1 aliphatic rings. The molecular formula is C30H34FN3. The first-order valence-electron chi connectivity index (χ1n) is 12.5. The predicted molar refractivity (Wildman–Crippen MR) is 141 cm³/mol. The molecule has 176 valence electrons. The van der Waals surface area contributed by atoms with E-state index in [4.69, 9.17) is 0 Å². The Morgan fingerprint density at radius 1 is 0.882 bits per heavy atom. The number of halogens is 1. The quantitative estimate of drug-likeness (QED) is 0.309. The van der Waals surface area contributed by atoms with Crippen LogP contribution in [0.15, 0.2) is 72.9 Å². The number of fused-ring (bicyclic) bond motifs is 1. The fraction of sp³-hybridized carbons (Fsp3) is 0.333. The number of H-pyrrole nitrogens is 1. The van der Waals surface area contributed by atoms with Crippen molar-refractivity contribution < 1.29 is 4.39 Å². The van der Waals surface area contributed by atoms with Crippen LogP contribution in [0.4, 0.5) is 15.8 Å². The highest BCUT2D eigenvalue weighted by Gasteiger charge is 2.28. The van der Waals surface area contributed by atoms with Crippen LogP contribution in [0.2, 0.25) is 0 Å². The summed E-state index contributed by atoms with van der Waals surface area (Å²) < 4.78 is 13.7. The Morgan fingerprint density at radius 2 is 1.53 bits per heavy atom. The SMILES string of the molecule is Cc1ccccc1N(c1ccccc1C)C1CCC(NCCc2c[nH]c3ccc(F)cc23)CC1. The van der Waals surface area contributed by atoms with Crippen LogP contribution in [0.3, 0.4) is 0 Å². The Kier molecular flexibility index (Phi) is 6.68. The number of para-hydroxylation sites is 2. The van der Waals surface area contributed by atoms with Crippen molar-refractivity contribution in [1.82, 2.24) is 10.3 Å². The van der Waals surface area contributed by atoms with Crippen LogP contribution in [-0.2, 0) is 6.42 Å². The van der Waals surface area contributed by atoms with Crippen molar-refractivity contribution in [1.29, 1.82) is 0 Å². The van der Waals surface area contributed by atoms with Crippen LogP contribution in [0.25, 0.3) is 10.9 Å². The highest BCUT2D eigenvalue weighted by molar-refractivity contribution is 5.83. The zero-order valence-electron chi connectivity index (χ0n) is 20.2. The number of aryl methyl sites for hydroxylation is 2. The minimum absolute atomic E-state index is 0.175. The van der Waals surface area contributed by atoms with Gasteiger partial charge in [-0.25, -0.2) is 4.39 Å². The highest BCUT2D eigenvalue weighted by atomic mass is 19.1. The number of rotatable bonds is 7. The molecule has 1 heterocycles. The lowest BCUT2D eigenvalue weighted by molar-refractivity contribution is 0.342. The molecule has 5 rings (SSSR count). The van der Waals surface area contributed by atoms with Crippen LogP contribution in [0, 0.1) is 19.7 Å². The van der Waals surface area contributed by atoms with Crippen molar-refractivity contribution >= 4 is 22.3 Å². The summed E-state index contributed by atoms with van der Waals surface area (Å²) in [4.78, 5) is 5.85. The number of anilines is 2. The normalized spacial score (nSPS) is 18.3.